The largest absolute Gasteiger partial charge is 0.438 e. The summed E-state index contributed by atoms with van der Waals surface area (Å²) in [5.74, 6) is 0. The predicted molar refractivity (Wildman–Crippen MR) is 23.3 cm³/mol. The molecule has 0 radical (unpaired) electrons. The van der Waals surface area contributed by atoms with Gasteiger partial charge in [0.05, 0.1) is 0 Å². The molecule has 32 valence electrons. The van der Waals surface area contributed by atoms with E-state index in [0.717, 1.165) is 0 Å². The maximum Gasteiger partial charge on any atom is 0.438 e. The normalized spacial score (nSPS) is 6.00. The second-order valence-electron chi connectivity index (χ2n) is 0.810. The van der Waals surface area contributed by atoms with E-state index in [1.807, 2.05) is 0 Å². The van der Waals surface area contributed by atoms with Crippen molar-refractivity contribution < 1.29 is 0 Å². The summed E-state index contributed by atoms with van der Waals surface area (Å²) in [4.78, 5) is 2.90. The third-order valence-corrected chi connectivity index (χ3v) is 0.394. The van der Waals surface area contributed by atoms with Gasteiger partial charge in [-0.15, -0.1) is 0 Å². The molecule has 0 bridgehead atoms. The van der Waals surface area contributed by atoms with Gasteiger partial charge in [0.1, 0.15) is 0 Å². The maximum atomic E-state index is 7.88. The first kappa shape index (κ1) is 5.47. The highest BCUT2D eigenvalue weighted by Gasteiger charge is 2.09. The second kappa shape index (κ2) is 2.69. The standard InChI is InChI=1S/C4H2N3/c1-7-4(2-5)3-6/h1,4H/q+1. The van der Waals surface area contributed by atoms with Crippen LogP contribution in [0.4, 0.5) is 0 Å². The topological polar surface area (TPSA) is 51.9 Å². The van der Waals surface area contributed by atoms with Crippen LogP contribution in [-0.4, -0.2) is 6.04 Å². The van der Waals surface area contributed by atoms with Crippen LogP contribution in [0.1, 0.15) is 0 Å². The summed E-state index contributed by atoms with van der Waals surface area (Å²) in [6.07, 6.45) is 0. The van der Waals surface area contributed by atoms with Crippen molar-refractivity contribution in [3.63, 3.8) is 0 Å². The molecular formula is C4H2N3+. The van der Waals surface area contributed by atoms with Crippen molar-refractivity contribution in [3.05, 3.63) is 4.85 Å². The summed E-state index contributed by atoms with van der Waals surface area (Å²) in [5, 5.41) is 15.8. The van der Waals surface area contributed by atoms with Crippen LogP contribution in [0.5, 0.6) is 0 Å². The van der Waals surface area contributed by atoms with E-state index >= 15 is 0 Å². The van der Waals surface area contributed by atoms with Gasteiger partial charge >= 0.3 is 6.04 Å². The van der Waals surface area contributed by atoms with Crippen LogP contribution >= 0.6 is 0 Å². The van der Waals surface area contributed by atoms with E-state index in [1.54, 1.807) is 12.1 Å². The number of nitriles is 2. The highest BCUT2D eigenvalue weighted by molar-refractivity contribution is 5.14. The Bertz CT molecular complexity index is 130. The molecule has 0 N–H and O–H groups in total. The second-order valence-corrected chi connectivity index (χ2v) is 0.810. The number of nitrogens with zero attached hydrogens (tertiary/aromatic N) is 3. The Kier molecular flexibility index (Phi) is 2.10. The van der Waals surface area contributed by atoms with E-state index in [4.69, 9.17) is 10.5 Å². The summed E-state index contributed by atoms with van der Waals surface area (Å²) in [6, 6.07) is 2.10. The minimum atomic E-state index is -1.00. The van der Waals surface area contributed by atoms with Crippen molar-refractivity contribution >= 4 is 0 Å². The Balaban J connectivity index is 3.82. The average molecular weight is 92.1 g/mol. The molecule has 0 saturated heterocycles. The van der Waals surface area contributed by atoms with Crippen LogP contribution in [0.2, 0.25) is 0 Å². The SMILES string of the molecule is C#[N+]C(C#N)C#N. The first-order valence-corrected chi connectivity index (χ1v) is 1.54. The zero-order chi connectivity index (χ0) is 5.70. The molecule has 0 amide bonds. The zero-order valence-electron chi connectivity index (χ0n) is 3.50. The van der Waals surface area contributed by atoms with Crippen LogP contribution < -0.4 is 0 Å². The lowest BCUT2D eigenvalue weighted by atomic mass is 10.4. The smallest absolute Gasteiger partial charge is 0.188 e. The van der Waals surface area contributed by atoms with Gasteiger partial charge in [-0.05, 0) is 0 Å². The number of rotatable bonds is 0. The van der Waals surface area contributed by atoms with Crippen molar-refractivity contribution in [1.29, 1.82) is 10.5 Å². The highest BCUT2D eigenvalue weighted by Crippen LogP contribution is 1.80. The highest BCUT2D eigenvalue weighted by atomic mass is 14.7. The Labute approximate surface area is 41.2 Å². The summed E-state index contributed by atoms with van der Waals surface area (Å²) in [5.41, 5.74) is 0. The monoisotopic (exact) mass is 92.0 g/mol. The van der Waals surface area contributed by atoms with Crippen molar-refractivity contribution in [2.75, 3.05) is 0 Å². The van der Waals surface area contributed by atoms with E-state index in [2.05, 4.69) is 11.4 Å². The first-order valence-electron chi connectivity index (χ1n) is 1.54. The van der Waals surface area contributed by atoms with E-state index in [-0.39, 0.29) is 0 Å². The van der Waals surface area contributed by atoms with E-state index < -0.39 is 6.04 Å². The molecule has 3 nitrogen and oxygen atoms in total. The quantitative estimate of drug-likeness (QED) is 0.433. The van der Waals surface area contributed by atoms with Crippen molar-refractivity contribution in [3.8, 4) is 18.7 Å². The maximum absolute atomic E-state index is 7.88. The molecule has 0 aromatic rings. The van der Waals surface area contributed by atoms with Crippen LogP contribution in [0.25, 0.3) is 4.85 Å². The van der Waals surface area contributed by atoms with Gasteiger partial charge in [0.25, 0.3) is 6.57 Å². The summed E-state index contributed by atoms with van der Waals surface area (Å²) in [7, 11) is 0. The Morgan fingerprint density at radius 1 is 1.43 bits per heavy atom. The van der Waals surface area contributed by atoms with E-state index in [1.165, 1.54) is 0 Å². The van der Waals surface area contributed by atoms with Gasteiger partial charge in [0, 0.05) is 0 Å². The van der Waals surface area contributed by atoms with Gasteiger partial charge in [0.2, 0.25) is 0 Å². The van der Waals surface area contributed by atoms with Crippen molar-refractivity contribution in [2.45, 2.75) is 6.04 Å². The van der Waals surface area contributed by atoms with Crippen LogP contribution in [0.3, 0.4) is 0 Å². The fourth-order valence-electron chi connectivity index (χ4n) is 0.0955. The number of hydrogen-bond acceptors (Lipinski definition) is 2. The lowest BCUT2D eigenvalue weighted by Gasteiger charge is -1.60. The molecule has 7 heavy (non-hydrogen) atoms. The minimum Gasteiger partial charge on any atom is -0.188 e. The van der Waals surface area contributed by atoms with Gasteiger partial charge in [0.15, 0.2) is 12.1 Å². The van der Waals surface area contributed by atoms with Crippen LogP contribution in [0.15, 0.2) is 0 Å². The van der Waals surface area contributed by atoms with E-state index in [9.17, 15) is 0 Å². The molecule has 0 atom stereocenters. The molecule has 0 saturated carbocycles. The molecule has 3 heteroatoms. The fraction of sp³-hybridized carbons (Fsp3) is 0.250. The summed E-state index contributed by atoms with van der Waals surface area (Å²) in [6.45, 7) is 4.57. The first-order chi connectivity index (χ1) is 3.35. The third kappa shape index (κ3) is 1.36. The zero-order valence-corrected chi connectivity index (χ0v) is 3.50. The van der Waals surface area contributed by atoms with Gasteiger partial charge < -0.3 is 0 Å². The third-order valence-electron chi connectivity index (χ3n) is 0.394. The Hall–Kier alpha value is -1.53. The molecule has 0 aromatic carbocycles. The lowest BCUT2D eigenvalue weighted by Crippen LogP contribution is -1.88. The summed E-state index contributed by atoms with van der Waals surface area (Å²) < 4.78 is 0. The molecule has 0 aliphatic rings. The van der Waals surface area contributed by atoms with Gasteiger partial charge in [-0.3, -0.25) is 0 Å². The van der Waals surface area contributed by atoms with Crippen molar-refractivity contribution in [1.82, 2.24) is 0 Å². The Morgan fingerprint density at radius 3 is 1.86 bits per heavy atom. The molecule has 0 unspecified atom stereocenters. The van der Waals surface area contributed by atoms with Crippen LogP contribution in [-0.2, 0) is 0 Å². The predicted octanol–water partition coefficient (Wildman–Crippen LogP) is 0.365. The average Bonchev–Trinajstić information content (AvgIpc) is 1.72. The summed E-state index contributed by atoms with van der Waals surface area (Å²) >= 11 is 0. The number of hydrogen-bond donors (Lipinski definition) is 0. The fourth-order valence-corrected chi connectivity index (χ4v) is 0.0955. The molecule has 0 heterocycles. The van der Waals surface area contributed by atoms with Gasteiger partial charge in [-0.25, -0.2) is 0 Å². The lowest BCUT2D eigenvalue weighted by molar-refractivity contribution is 1.23. The Morgan fingerprint density at radius 2 is 1.86 bits per heavy atom. The molecular weight excluding hydrogens is 90.1 g/mol. The molecule has 0 fully saturated rings. The minimum absolute atomic E-state index is 1.00. The van der Waals surface area contributed by atoms with Gasteiger partial charge in [-0.1, -0.05) is 4.85 Å². The molecule has 0 rings (SSSR count). The molecule has 0 aliphatic heterocycles. The van der Waals surface area contributed by atoms with Crippen LogP contribution in [0, 0.1) is 29.2 Å². The van der Waals surface area contributed by atoms with Gasteiger partial charge in [-0.2, -0.15) is 10.5 Å². The molecule has 0 spiro atoms. The van der Waals surface area contributed by atoms with E-state index in [0.29, 0.717) is 0 Å². The molecule has 0 aliphatic carbocycles. The van der Waals surface area contributed by atoms with Crippen molar-refractivity contribution in [2.24, 2.45) is 0 Å². The molecule has 0 aromatic heterocycles.